The molecule has 1 heterocycles. The summed E-state index contributed by atoms with van der Waals surface area (Å²) in [6, 6.07) is 27.2. The largest absolute Gasteiger partial charge is 0.349 e. The predicted octanol–water partition coefficient (Wildman–Crippen LogP) is 5.01. The maximum atomic E-state index is 13.8. The summed E-state index contributed by atoms with van der Waals surface area (Å²) in [5.74, 6) is -0.0269. The fourth-order valence-electron chi connectivity index (χ4n) is 5.00. The molecule has 38 heavy (non-hydrogen) atoms. The Balaban J connectivity index is 1.49. The van der Waals surface area contributed by atoms with Gasteiger partial charge in [-0.2, -0.15) is 15.3 Å². The van der Waals surface area contributed by atoms with Gasteiger partial charge in [0.1, 0.15) is 0 Å². The fourth-order valence-corrected chi connectivity index (χ4v) is 5.00. The summed E-state index contributed by atoms with van der Waals surface area (Å²) in [6.45, 7) is 8.35. The highest BCUT2D eigenvalue weighted by Crippen LogP contribution is 2.37. The van der Waals surface area contributed by atoms with Crippen LogP contribution in [0.4, 0.5) is 0 Å². The molecule has 0 aromatic heterocycles. The number of piperidine rings is 1. The van der Waals surface area contributed by atoms with Crippen molar-refractivity contribution in [1.82, 2.24) is 15.3 Å². The lowest BCUT2D eigenvalue weighted by Crippen LogP contribution is -2.53. The average Bonchev–Trinajstić information content (AvgIpc) is 2.97. The van der Waals surface area contributed by atoms with Crippen LogP contribution in [0.1, 0.15) is 59.8 Å². The Morgan fingerprint density at radius 1 is 0.921 bits per heavy atom. The van der Waals surface area contributed by atoms with E-state index in [0.29, 0.717) is 31.5 Å². The first-order valence-electron chi connectivity index (χ1n) is 12.9. The molecule has 1 fully saturated rings. The van der Waals surface area contributed by atoms with Gasteiger partial charge in [-0.25, -0.2) is 0 Å². The summed E-state index contributed by atoms with van der Waals surface area (Å²) in [5.41, 5.74) is 3.66. The van der Waals surface area contributed by atoms with Crippen LogP contribution in [0.3, 0.4) is 0 Å². The van der Waals surface area contributed by atoms with Gasteiger partial charge in [-0.3, -0.25) is 9.59 Å². The molecule has 3 aromatic rings. The molecule has 0 bridgehead atoms. The number of hydrazone groups is 2. The van der Waals surface area contributed by atoms with E-state index in [4.69, 9.17) is 0 Å². The minimum absolute atomic E-state index is 0.00486. The van der Waals surface area contributed by atoms with Crippen LogP contribution < -0.4 is 5.32 Å². The van der Waals surface area contributed by atoms with Crippen molar-refractivity contribution < 1.29 is 9.59 Å². The van der Waals surface area contributed by atoms with Crippen LogP contribution in [-0.2, 0) is 10.2 Å². The molecule has 3 aromatic carbocycles. The standard InChI is InChI=1S/C31H35N5O2/c1-23(25-11-7-5-8-12-25)33-30(38)31(28-13-9-6-10-14-28)19-21-36(22-20-31)29(37)27-17-15-26(16-18-27)24(2)34-35(4)32-3/h5-18,23H,3,19-22H2,1-2,4H3,(H,33,38)/b34-24+/t23-/m0/s1. The summed E-state index contributed by atoms with van der Waals surface area (Å²) in [5, 5.41) is 12.7. The van der Waals surface area contributed by atoms with Crippen LogP contribution in [0.2, 0.25) is 0 Å². The van der Waals surface area contributed by atoms with Gasteiger partial charge in [0.15, 0.2) is 0 Å². The van der Waals surface area contributed by atoms with Crippen LogP contribution in [-0.4, -0.2) is 54.4 Å². The number of nitrogens with zero attached hydrogens (tertiary/aromatic N) is 4. The van der Waals surface area contributed by atoms with Crippen molar-refractivity contribution in [1.29, 1.82) is 0 Å². The third kappa shape index (κ3) is 5.83. The van der Waals surface area contributed by atoms with E-state index in [1.54, 1.807) is 7.05 Å². The van der Waals surface area contributed by atoms with Gasteiger partial charge in [0.2, 0.25) is 5.91 Å². The van der Waals surface area contributed by atoms with Crippen molar-refractivity contribution in [3.63, 3.8) is 0 Å². The highest BCUT2D eigenvalue weighted by Gasteiger charge is 2.44. The van der Waals surface area contributed by atoms with Crippen LogP contribution >= 0.6 is 0 Å². The molecule has 1 N–H and O–H groups in total. The minimum Gasteiger partial charge on any atom is -0.349 e. The van der Waals surface area contributed by atoms with Gasteiger partial charge in [0, 0.05) is 32.4 Å². The summed E-state index contributed by atoms with van der Waals surface area (Å²) >= 11 is 0. The van der Waals surface area contributed by atoms with Gasteiger partial charge in [-0.05, 0) is 55.5 Å². The first kappa shape index (κ1) is 26.8. The van der Waals surface area contributed by atoms with E-state index in [-0.39, 0.29) is 17.9 Å². The lowest BCUT2D eigenvalue weighted by atomic mass is 9.71. The van der Waals surface area contributed by atoms with Gasteiger partial charge in [-0.1, -0.05) is 72.8 Å². The Hall–Kier alpha value is -4.26. The SMILES string of the molecule is C=NN(C)/N=C(\C)c1ccc(C(=O)N2CCC(C(=O)N[C@@H](C)c3ccccc3)(c3ccccc3)CC2)cc1. The fraction of sp³-hybridized carbons (Fsp3) is 0.290. The summed E-state index contributed by atoms with van der Waals surface area (Å²) < 4.78 is 0. The van der Waals surface area contributed by atoms with E-state index in [0.717, 1.165) is 22.4 Å². The molecule has 7 nitrogen and oxygen atoms in total. The van der Waals surface area contributed by atoms with E-state index in [1.165, 1.54) is 5.12 Å². The topological polar surface area (TPSA) is 77.4 Å². The molecule has 2 amide bonds. The van der Waals surface area contributed by atoms with Crippen molar-refractivity contribution in [3.05, 3.63) is 107 Å². The zero-order valence-corrected chi connectivity index (χ0v) is 22.3. The van der Waals surface area contributed by atoms with Crippen LogP contribution in [0, 0.1) is 0 Å². The normalized spacial score (nSPS) is 15.9. The lowest BCUT2D eigenvalue weighted by Gasteiger charge is -2.41. The second-order valence-electron chi connectivity index (χ2n) is 9.74. The highest BCUT2D eigenvalue weighted by molar-refractivity contribution is 6.00. The van der Waals surface area contributed by atoms with E-state index < -0.39 is 5.41 Å². The molecule has 1 atom stereocenters. The van der Waals surface area contributed by atoms with E-state index in [9.17, 15) is 9.59 Å². The first-order chi connectivity index (χ1) is 18.3. The molecule has 1 aliphatic heterocycles. The van der Waals surface area contributed by atoms with Crippen molar-refractivity contribution in [2.45, 2.75) is 38.1 Å². The number of carbonyl (C=O) groups excluding carboxylic acids is 2. The molecular weight excluding hydrogens is 474 g/mol. The van der Waals surface area contributed by atoms with Crippen molar-refractivity contribution in [2.75, 3.05) is 20.1 Å². The van der Waals surface area contributed by atoms with Gasteiger partial charge >= 0.3 is 0 Å². The number of carbonyl (C=O) groups is 2. The zero-order chi connectivity index (χ0) is 27.1. The van der Waals surface area contributed by atoms with Crippen LogP contribution in [0.15, 0.2) is 95.1 Å². The Kier molecular flexibility index (Phi) is 8.36. The molecule has 4 rings (SSSR count). The molecule has 0 spiro atoms. The number of hydrogen-bond acceptors (Lipinski definition) is 5. The first-order valence-corrected chi connectivity index (χ1v) is 12.9. The van der Waals surface area contributed by atoms with Crippen LogP contribution in [0.25, 0.3) is 0 Å². The Morgan fingerprint density at radius 3 is 2.05 bits per heavy atom. The number of hydrogen-bond donors (Lipinski definition) is 1. The molecule has 1 saturated heterocycles. The van der Waals surface area contributed by atoms with Crippen LogP contribution in [0.5, 0.6) is 0 Å². The zero-order valence-electron chi connectivity index (χ0n) is 22.3. The average molecular weight is 510 g/mol. The quantitative estimate of drug-likeness (QED) is 0.343. The Morgan fingerprint density at radius 2 is 1.47 bits per heavy atom. The Bertz CT molecular complexity index is 1280. The monoisotopic (exact) mass is 509 g/mol. The minimum atomic E-state index is -0.691. The molecule has 7 heteroatoms. The third-order valence-corrected chi connectivity index (χ3v) is 7.36. The second kappa shape index (κ2) is 11.9. The number of nitrogens with one attached hydrogen (secondary N) is 1. The smallest absolute Gasteiger partial charge is 0.253 e. The number of benzene rings is 3. The van der Waals surface area contributed by atoms with Gasteiger partial charge < -0.3 is 10.2 Å². The number of likely N-dealkylation sites (tertiary alicyclic amines) is 1. The molecule has 0 aliphatic carbocycles. The summed E-state index contributed by atoms with van der Waals surface area (Å²) in [6.07, 6.45) is 1.11. The predicted molar refractivity (Wildman–Crippen MR) is 152 cm³/mol. The van der Waals surface area contributed by atoms with Gasteiger partial charge in [-0.15, -0.1) is 0 Å². The van der Waals surface area contributed by atoms with E-state index >= 15 is 0 Å². The molecular formula is C31H35N5O2. The maximum absolute atomic E-state index is 13.8. The second-order valence-corrected chi connectivity index (χ2v) is 9.74. The summed E-state index contributed by atoms with van der Waals surface area (Å²) in [7, 11) is 1.71. The van der Waals surface area contributed by atoms with E-state index in [1.807, 2.05) is 104 Å². The van der Waals surface area contributed by atoms with E-state index in [2.05, 4.69) is 22.2 Å². The van der Waals surface area contributed by atoms with Crippen molar-refractivity contribution >= 4 is 24.2 Å². The molecule has 196 valence electrons. The number of amides is 2. The van der Waals surface area contributed by atoms with Gasteiger partial charge in [0.05, 0.1) is 17.2 Å². The molecule has 0 unspecified atom stereocenters. The maximum Gasteiger partial charge on any atom is 0.253 e. The van der Waals surface area contributed by atoms with Crippen molar-refractivity contribution in [2.24, 2.45) is 10.2 Å². The lowest BCUT2D eigenvalue weighted by molar-refractivity contribution is -0.129. The van der Waals surface area contributed by atoms with Crippen molar-refractivity contribution in [3.8, 4) is 0 Å². The molecule has 0 radical (unpaired) electrons. The van der Waals surface area contributed by atoms with Gasteiger partial charge in [0.25, 0.3) is 5.91 Å². The summed E-state index contributed by atoms with van der Waals surface area (Å²) in [4.78, 5) is 29.0. The molecule has 0 saturated carbocycles. The third-order valence-electron chi connectivity index (χ3n) is 7.36. The number of rotatable bonds is 8. The highest BCUT2D eigenvalue weighted by atomic mass is 16.2. The Labute approximate surface area is 224 Å². The molecule has 1 aliphatic rings.